The van der Waals surface area contributed by atoms with Crippen LogP contribution in [0, 0.1) is 13.8 Å². The molecule has 142 valence electrons. The van der Waals surface area contributed by atoms with Crippen molar-refractivity contribution in [3.05, 3.63) is 75.8 Å². The number of carbonyl (C=O) groups excluding carboxylic acids is 2. The van der Waals surface area contributed by atoms with Crippen molar-refractivity contribution in [3.8, 4) is 0 Å². The van der Waals surface area contributed by atoms with Crippen LogP contribution in [0.5, 0.6) is 0 Å². The number of nitrogens with zero attached hydrogens (tertiary/aromatic N) is 3. The van der Waals surface area contributed by atoms with Crippen LogP contribution in [0.25, 0.3) is 0 Å². The molecule has 0 unspecified atom stereocenters. The monoisotopic (exact) mass is 393 g/mol. The molecule has 28 heavy (non-hydrogen) atoms. The first kappa shape index (κ1) is 19.4. The minimum Gasteiger partial charge on any atom is -0.296 e. The molecular formula is C20H19N5O2S. The molecule has 7 nitrogen and oxygen atoms in total. The van der Waals surface area contributed by atoms with E-state index < -0.39 is 0 Å². The van der Waals surface area contributed by atoms with Crippen LogP contribution in [0.1, 0.15) is 32.1 Å². The Kier molecular flexibility index (Phi) is 6.23. The van der Waals surface area contributed by atoms with Crippen molar-refractivity contribution in [2.24, 2.45) is 5.10 Å². The fraction of sp³-hybridized carbons (Fsp3) is 0.150. The zero-order valence-electron chi connectivity index (χ0n) is 15.5. The molecule has 0 fully saturated rings. The first-order valence-electron chi connectivity index (χ1n) is 8.59. The van der Waals surface area contributed by atoms with E-state index in [4.69, 9.17) is 0 Å². The van der Waals surface area contributed by atoms with Crippen molar-refractivity contribution in [1.82, 2.24) is 15.6 Å². The van der Waals surface area contributed by atoms with E-state index in [1.807, 2.05) is 50.2 Å². The highest BCUT2D eigenvalue weighted by Gasteiger charge is 2.13. The largest absolute Gasteiger partial charge is 0.296 e. The number of hydrazone groups is 1. The third kappa shape index (κ3) is 5.31. The van der Waals surface area contributed by atoms with E-state index in [0.717, 1.165) is 28.0 Å². The van der Waals surface area contributed by atoms with Gasteiger partial charge in [0.2, 0.25) is 11.0 Å². The lowest BCUT2D eigenvalue weighted by Gasteiger charge is -2.03. The lowest BCUT2D eigenvalue weighted by Crippen LogP contribution is -2.19. The highest BCUT2D eigenvalue weighted by Crippen LogP contribution is 2.17. The van der Waals surface area contributed by atoms with Crippen LogP contribution in [0.3, 0.4) is 0 Å². The van der Waals surface area contributed by atoms with Gasteiger partial charge in [-0.05, 0) is 31.0 Å². The summed E-state index contributed by atoms with van der Waals surface area (Å²) in [6.07, 6.45) is 1.61. The van der Waals surface area contributed by atoms with Gasteiger partial charge in [0.1, 0.15) is 5.01 Å². The van der Waals surface area contributed by atoms with Crippen LogP contribution < -0.4 is 10.7 Å². The molecular weight excluding hydrogens is 374 g/mol. The summed E-state index contributed by atoms with van der Waals surface area (Å²) >= 11 is 1.15. The molecule has 0 bridgehead atoms. The molecule has 0 saturated heterocycles. The first-order chi connectivity index (χ1) is 13.5. The third-order valence-corrected chi connectivity index (χ3v) is 4.71. The minimum absolute atomic E-state index is 0.0309. The zero-order chi connectivity index (χ0) is 19.9. The van der Waals surface area contributed by atoms with Crippen LogP contribution in [-0.2, 0) is 11.2 Å². The van der Waals surface area contributed by atoms with Crippen molar-refractivity contribution < 1.29 is 9.59 Å². The Morgan fingerprint density at radius 3 is 2.57 bits per heavy atom. The van der Waals surface area contributed by atoms with Gasteiger partial charge in [0.05, 0.1) is 12.6 Å². The van der Waals surface area contributed by atoms with Crippen LogP contribution in [0.15, 0.2) is 53.6 Å². The van der Waals surface area contributed by atoms with Crippen molar-refractivity contribution in [2.75, 3.05) is 5.32 Å². The second kappa shape index (κ2) is 9.01. The number of carbonyl (C=O) groups is 2. The average molecular weight is 393 g/mol. The minimum atomic E-state index is -0.309. The molecule has 3 aromatic rings. The highest BCUT2D eigenvalue weighted by atomic mass is 32.1. The summed E-state index contributed by atoms with van der Waals surface area (Å²) in [4.78, 5) is 24.3. The van der Waals surface area contributed by atoms with E-state index in [2.05, 4.69) is 26.0 Å². The normalized spacial score (nSPS) is 10.8. The number of aryl methyl sites for hydroxylation is 2. The van der Waals surface area contributed by atoms with Gasteiger partial charge in [0, 0.05) is 5.56 Å². The molecule has 0 atom stereocenters. The lowest BCUT2D eigenvalue weighted by molar-refractivity contribution is -0.120. The fourth-order valence-electron chi connectivity index (χ4n) is 2.38. The molecule has 1 heterocycles. The van der Waals surface area contributed by atoms with Crippen LogP contribution >= 0.6 is 11.3 Å². The Morgan fingerprint density at radius 2 is 1.82 bits per heavy atom. The quantitative estimate of drug-likeness (QED) is 0.497. The Hall–Kier alpha value is -3.39. The molecule has 0 saturated carbocycles. The molecule has 0 aliphatic carbocycles. The fourth-order valence-corrected chi connectivity index (χ4v) is 3.11. The van der Waals surface area contributed by atoms with Gasteiger partial charge in [-0.25, -0.2) is 5.43 Å². The summed E-state index contributed by atoms with van der Waals surface area (Å²) in [7, 11) is 0. The maximum absolute atomic E-state index is 12.3. The molecule has 2 N–H and O–H groups in total. The molecule has 0 aliphatic heterocycles. The van der Waals surface area contributed by atoms with E-state index in [1.165, 1.54) is 0 Å². The Morgan fingerprint density at radius 1 is 1.07 bits per heavy atom. The predicted molar refractivity (Wildman–Crippen MR) is 110 cm³/mol. The van der Waals surface area contributed by atoms with Gasteiger partial charge in [0.15, 0.2) is 0 Å². The van der Waals surface area contributed by atoms with E-state index in [1.54, 1.807) is 18.3 Å². The molecule has 2 aromatic carbocycles. The smallest absolute Gasteiger partial charge is 0.257 e. The molecule has 0 aliphatic rings. The van der Waals surface area contributed by atoms with Crippen molar-refractivity contribution in [2.45, 2.75) is 20.3 Å². The Bertz CT molecular complexity index is 1010. The van der Waals surface area contributed by atoms with Gasteiger partial charge in [0.25, 0.3) is 5.91 Å². The number of nitrogens with one attached hydrogen (secondary N) is 2. The number of hydrogen-bond acceptors (Lipinski definition) is 6. The van der Waals surface area contributed by atoms with Gasteiger partial charge in [-0.3, -0.25) is 14.9 Å². The molecule has 8 heteroatoms. The number of anilines is 1. The van der Waals surface area contributed by atoms with Crippen molar-refractivity contribution in [1.29, 1.82) is 0 Å². The first-order valence-corrected chi connectivity index (χ1v) is 9.41. The summed E-state index contributed by atoms with van der Waals surface area (Å²) in [5.74, 6) is -0.566. The number of benzene rings is 2. The van der Waals surface area contributed by atoms with E-state index in [0.29, 0.717) is 15.7 Å². The summed E-state index contributed by atoms with van der Waals surface area (Å²) in [6.45, 7) is 3.87. The van der Waals surface area contributed by atoms with E-state index in [-0.39, 0.29) is 18.2 Å². The highest BCUT2D eigenvalue weighted by molar-refractivity contribution is 7.15. The topological polar surface area (TPSA) is 96.3 Å². The van der Waals surface area contributed by atoms with Crippen molar-refractivity contribution in [3.63, 3.8) is 0 Å². The second-order valence-corrected chi connectivity index (χ2v) is 7.21. The molecule has 3 rings (SSSR count). The zero-order valence-corrected chi connectivity index (χ0v) is 16.3. The van der Waals surface area contributed by atoms with E-state index >= 15 is 0 Å². The Labute approximate surface area is 166 Å². The average Bonchev–Trinajstić information content (AvgIpc) is 3.10. The van der Waals surface area contributed by atoms with Gasteiger partial charge in [-0.1, -0.05) is 59.4 Å². The van der Waals surface area contributed by atoms with Gasteiger partial charge >= 0.3 is 0 Å². The number of rotatable bonds is 6. The number of hydrogen-bond donors (Lipinski definition) is 2. The maximum Gasteiger partial charge on any atom is 0.257 e. The summed E-state index contributed by atoms with van der Waals surface area (Å²) < 4.78 is 0. The van der Waals surface area contributed by atoms with Crippen LogP contribution in [0.4, 0.5) is 5.13 Å². The molecule has 0 spiro atoms. The van der Waals surface area contributed by atoms with Crippen LogP contribution in [-0.4, -0.2) is 28.2 Å². The van der Waals surface area contributed by atoms with Crippen LogP contribution in [0.2, 0.25) is 0 Å². The third-order valence-electron chi connectivity index (χ3n) is 3.87. The maximum atomic E-state index is 12.3. The number of aromatic nitrogens is 2. The van der Waals surface area contributed by atoms with Gasteiger partial charge in [-0.15, -0.1) is 10.2 Å². The molecule has 2 amide bonds. The van der Waals surface area contributed by atoms with E-state index in [9.17, 15) is 9.59 Å². The molecule has 0 radical (unpaired) electrons. The molecule has 1 aromatic heterocycles. The lowest BCUT2D eigenvalue weighted by atomic mass is 10.1. The summed E-state index contributed by atoms with van der Waals surface area (Å²) in [5.41, 5.74) is 5.95. The predicted octanol–water partition coefficient (Wildman–Crippen LogP) is 3.10. The Balaban J connectivity index is 1.52. The SMILES string of the molecule is Cc1ccc(C=NNC(=O)Cc2nnc(NC(=O)c3ccccc3C)s2)cc1. The summed E-state index contributed by atoms with van der Waals surface area (Å²) in [6, 6.07) is 15.0. The van der Waals surface area contributed by atoms with Gasteiger partial charge < -0.3 is 0 Å². The summed E-state index contributed by atoms with van der Waals surface area (Å²) in [5, 5.41) is 15.3. The number of amides is 2. The second-order valence-electron chi connectivity index (χ2n) is 6.15. The standard InChI is InChI=1S/C20H19N5O2S/c1-13-7-9-15(10-8-13)12-21-23-17(26)11-18-24-25-20(28-18)22-19(27)16-6-4-3-5-14(16)2/h3-10,12H,11H2,1-2H3,(H,23,26)(H,22,25,27). The van der Waals surface area contributed by atoms with Gasteiger partial charge in [-0.2, -0.15) is 5.10 Å². The van der Waals surface area contributed by atoms with Crippen molar-refractivity contribution >= 4 is 34.5 Å².